The SMILES string of the molecule is CCOc1cc2c(cc1/C=C\C(=O)c1ccc(F)c(F)c1)O[C@@H](C)C2. The van der Waals surface area contributed by atoms with Crippen molar-refractivity contribution in [3.63, 3.8) is 0 Å². The molecule has 0 saturated heterocycles. The molecule has 3 rings (SSSR count). The molecule has 25 heavy (non-hydrogen) atoms. The summed E-state index contributed by atoms with van der Waals surface area (Å²) < 4.78 is 37.6. The van der Waals surface area contributed by atoms with Crippen LogP contribution in [0.5, 0.6) is 11.5 Å². The molecule has 1 aliphatic rings. The van der Waals surface area contributed by atoms with Gasteiger partial charge in [0.2, 0.25) is 0 Å². The smallest absolute Gasteiger partial charge is 0.185 e. The second-order valence-corrected chi connectivity index (χ2v) is 5.89. The number of carbonyl (C=O) groups is 1. The number of hydrogen-bond donors (Lipinski definition) is 0. The largest absolute Gasteiger partial charge is 0.493 e. The lowest BCUT2D eigenvalue weighted by Gasteiger charge is -2.10. The predicted molar refractivity (Wildman–Crippen MR) is 91.1 cm³/mol. The molecular formula is C20H18F2O3. The molecule has 0 radical (unpaired) electrons. The van der Waals surface area contributed by atoms with Gasteiger partial charge in [-0.2, -0.15) is 0 Å². The Bertz CT molecular complexity index is 843. The molecule has 1 heterocycles. The molecule has 0 spiro atoms. The van der Waals surface area contributed by atoms with Gasteiger partial charge >= 0.3 is 0 Å². The van der Waals surface area contributed by atoms with Gasteiger partial charge < -0.3 is 9.47 Å². The van der Waals surface area contributed by atoms with Crippen molar-refractivity contribution in [2.45, 2.75) is 26.4 Å². The summed E-state index contributed by atoms with van der Waals surface area (Å²) >= 11 is 0. The van der Waals surface area contributed by atoms with Crippen LogP contribution in [0.15, 0.2) is 36.4 Å². The van der Waals surface area contributed by atoms with Gasteiger partial charge in [0.1, 0.15) is 17.6 Å². The van der Waals surface area contributed by atoms with E-state index in [0.29, 0.717) is 17.9 Å². The first-order valence-electron chi connectivity index (χ1n) is 8.11. The van der Waals surface area contributed by atoms with E-state index in [4.69, 9.17) is 9.47 Å². The lowest BCUT2D eigenvalue weighted by Crippen LogP contribution is -2.05. The first-order valence-corrected chi connectivity index (χ1v) is 8.11. The molecule has 0 bridgehead atoms. The number of halogens is 2. The highest BCUT2D eigenvalue weighted by molar-refractivity contribution is 6.07. The normalized spacial score (nSPS) is 15.9. The van der Waals surface area contributed by atoms with Crippen LogP contribution < -0.4 is 9.47 Å². The Labute approximate surface area is 144 Å². The maximum Gasteiger partial charge on any atom is 0.185 e. The van der Waals surface area contributed by atoms with Crippen LogP contribution in [0.25, 0.3) is 6.08 Å². The van der Waals surface area contributed by atoms with Gasteiger partial charge in [-0.05, 0) is 56.3 Å². The summed E-state index contributed by atoms with van der Waals surface area (Å²) in [5.41, 5.74) is 1.85. The van der Waals surface area contributed by atoms with Crippen molar-refractivity contribution in [1.29, 1.82) is 0 Å². The maximum absolute atomic E-state index is 13.3. The van der Waals surface area contributed by atoms with Crippen LogP contribution in [0.4, 0.5) is 8.78 Å². The van der Waals surface area contributed by atoms with Gasteiger partial charge in [-0.3, -0.25) is 4.79 Å². The molecule has 2 aromatic carbocycles. The van der Waals surface area contributed by atoms with Gasteiger partial charge in [0.25, 0.3) is 0 Å². The number of fused-ring (bicyclic) bond motifs is 1. The number of allylic oxidation sites excluding steroid dienone is 1. The lowest BCUT2D eigenvalue weighted by atomic mass is 10.0. The minimum atomic E-state index is -1.05. The fourth-order valence-corrected chi connectivity index (χ4v) is 2.78. The molecule has 0 aliphatic carbocycles. The summed E-state index contributed by atoms with van der Waals surface area (Å²) in [6, 6.07) is 6.83. The zero-order valence-electron chi connectivity index (χ0n) is 14.0. The number of benzene rings is 2. The average molecular weight is 344 g/mol. The van der Waals surface area contributed by atoms with Crippen LogP contribution in [0.2, 0.25) is 0 Å². The summed E-state index contributed by atoms with van der Waals surface area (Å²) in [5.74, 6) is -1.02. The van der Waals surface area contributed by atoms with Crippen molar-refractivity contribution >= 4 is 11.9 Å². The first kappa shape index (κ1) is 17.1. The second-order valence-electron chi connectivity index (χ2n) is 5.89. The molecule has 1 aliphatic heterocycles. The van der Waals surface area contributed by atoms with E-state index in [1.54, 1.807) is 6.08 Å². The molecule has 0 aromatic heterocycles. The van der Waals surface area contributed by atoms with Crippen molar-refractivity contribution in [2.24, 2.45) is 0 Å². The minimum Gasteiger partial charge on any atom is -0.493 e. The Hall–Kier alpha value is -2.69. The summed E-state index contributed by atoms with van der Waals surface area (Å²) in [6.07, 6.45) is 3.83. The number of ether oxygens (including phenoxy) is 2. The molecule has 5 heteroatoms. The Kier molecular flexibility index (Phi) is 4.83. The molecule has 1 atom stereocenters. The number of hydrogen-bond acceptors (Lipinski definition) is 3. The van der Waals surface area contributed by atoms with E-state index in [1.807, 2.05) is 26.0 Å². The van der Waals surface area contributed by atoms with Crippen molar-refractivity contribution in [3.05, 3.63) is 64.7 Å². The summed E-state index contributed by atoms with van der Waals surface area (Å²) in [7, 11) is 0. The van der Waals surface area contributed by atoms with Gasteiger partial charge in [0.15, 0.2) is 17.4 Å². The molecule has 3 nitrogen and oxygen atoms in total. The third kappa shape index (κ3) is 3.71. The van der Waals surface area contributed by atoms with E-state index < -0.39 is 17.4 Å². The van der Waals surface area contributed by atoms with E-state index >= 15 is 0 Å². The zero-order valence-corrected chi connectivity index (χ0v) is 14.0. The van der Waals surface area contributed by atoms with E-state index in [0.717, 1.165) is 29.9 Å². The second kappa shape index (κ2) is 7.05. The predicted octanol–water partition coefficient (Wildman–Crippen LogP) is 4.58. The third-order valence-corrected chi connectivity index (χ3v) is 3.95. The van der Waals surface area contributed by atoms with Crippen LogP contribution in [0.3, 0.4) is 0 Å². The van der Waals surface area contributed by atoms with Crippen LogP contribution in [0.1, 0.15) is 35.3 Å². The lowest BCUT2D eigenvalue weighted by molar-refractivity contribution is 0.104. The van der Waals surface area contributed by atoms with Crippen molar-refractivity contribution in [3.8, 4) is 11.5 Å². The maximum atomic E-state index is 13.3. The van der Waals surface area contributed by atoms with Crippen molar-refractivity contribution in [1.82, 2.24) is 0 Å². The molecular weight excluding hydrogens is 326 g/mol. The highest BCUT2D eigenvalue weighted by Gasteiger charge is 2.21. The fraction of sp³-hybridized carbons (Fsp3) is 0.250. The molecule has 0 unspecified atom stereocenters. The van der Waals surface area contributed by atoms with Crippen molar-refractivity contribution in [2.75, 3.05) is 6.61 Å². The van der Waals surface area contributed by atoms with Gasteiger partial charge in [0.05, 0.1) is 6.61 Å². The minimum absolute atomic E-state index is 0.0825. The topological polar surface area (TPSA) is 35.5 Å². The molecule has 0 saturated carbocycles. The van der Waals surface area contributed by atoms with Crippen LogP contribution in [-0.4, -0.2) is 18.5 Å². The summed E-state index contributed by atoms with van der Waals surface area (Å²) in [5, 5.41) is 0. The standard InChI is InChI=1S/C20H18F2O3/c1-3-24-19-11-15-8-12(2)25-20(15)10-14(19)5-7-18(23)13-4-6-16(21)17(22)9-13/h4-7,9-12H,3,8H2,1-2H3/b7-5-/t12-/m0/s1. The summed E-state index contributed by atoms with van der Waals surface area (Å²) in [4.78, 5) is 12.2. The first-order chi connectivity index (χ1) is 12.0. The zero-order chi connectivity index (χ0) is 18.0. The molecule has 0 N–H and O–H groups in total. The highest BCUT2D eigenvalue weighted by atomic mass is 19.2. The van der Waals surface area contributed by atoms with E-state index in [2.05, 4.69) is 0 Å². The van der Waals surface area contributed by atoms with E-state index in [9.17, 15) is 13.6 Å². The van der Waals surface area contributed by atoms with Crippen LogP contribution in [0, 0.1) is 11.6 Å². The Morgan fingerprint density at radius 2 is 2.08 bits per heavy atom. The van der Waals surface area contributed by atoms with Crippen LogP contribution >= 0.6 is 0 Å². The summed E-state index contributed by atoms with van der Waals surface area (Å²) in [6.45, 7) is 4.36. The number of ketones is 1. The van der Waals surface area contributed by atoms with Gasteiger partial charge in [-0.1, -0.05) is 0 Å². The Morgan fingerprint density at radius 3 is 2.80 bits per heavy atom. The monoisotopic (exact) mass is 344 g/mol. The van der Waals surface area contributed by atoms with Gasteiger partial charge in [0, 0.05) is 23.1 Å². The molecule has 2 aromatic rings. The van der Waals surface area contributed by atoms with Gasteiger partial charge in [-0.25, -0.2) is 8.78 Å². The quantitative estimate of drug-likeness (QED) is 0.588. The third-order valence-electron chi connectivity index (χ3n) is 3.95. The molecule has 0 amide bonds. The fourth-order valence-electron chi connectivity index (χ4n) is 2.78. The van der Waals surface area contributed by atoms with E-state index in [-0.39, 0.29) is 11.7 Å². The molecule has 130 valence electrons. The van der Waals surface area contributed by atoms with Crippen LogP contribution in [-0.2, 0) is 6.42 Å². The van der Waals surface area contributed by atoms with Crippen molar-refractivity contribution < 1.29 is 23.0 Å². The van der Waals surface area contributed by atoms with Gasteiger partial charge in [-0.15, -0.1) is 0 Å². The number of carbonyl (C=O) groups excluding carboxylic acids is 1. The average Bonchev–Trinajstić information content (AvgIpc) is 2.94. The highest BCUT2D eigenvalue weighted by Crippen LogP contribution is 2.35. The Balaban J connectivity index is 1.88. The molecule has 0 fully saturated rings. The number of rotatable bonds is 5. The Morgan fingerprint density at radius 1 is 1.28 bits per heavy atom. The van der Waals surface area contributed by atoms with E-state index in [1.165, 1.54) is 12.1 Å².